The van der Waals surface area contributed by atoms with Crippen molar-refractivity contribution in [3.63, 3.8) is 0 Å². The van der Waals surface area contributed by atoms with Crippen molar-refractivity contribution in [1.82, 2.24) is 10.2 Å². The molecule has 0 aromatic rings. The Kier molecular flexibility index (Phi) is 7.01. The van der Waals surface area contributed by atoms with E-state index in [0.29, 0.717) is 12.1 Å². The van der Waals surface area contributed by atoms with E-state index in [4.69, 9.17) is 4.74 Å². The predicted octanol–water partition coefficient (Wildman–Crippen LogP) is 1.88. The van der Waals surface area contributed by atoms with Crippen LogP contribution in [0, 0.1) is 0 Å². The van der Waals surface area contributed by atoms with Crippen LogP contribution >= 0.6 is 0 Å². The molecule has 3 nitrogen and oxygen atoms in total. The number of hydrogen-bond acceptors (Lipinski definition) is 3. The Morgan fingerprint density at radius 3 is 2.81 bits per heavy atom. The molecule has 1 heterocycles. The maximum absolute atomic E-state index is 5.68. The van der Waals surface area contributed by atoms with Gasteiger partial charge in [-0.25, -0.2) is 0 Å². The second-order valence-corrected chi connectivity index (χ2v) is 4.78. The Bertz CT molecular complexity index is 169. The molecular weight excluding hydrogens is 200 g/mol. The smallest absolute Gasteiger partial charge is 0.0702 e. The summed E-state index contributed by atoms with van der Waals surface area (Å²) in [5.41, 5.74) is 0. The van der Waals surface area contributed by atoms with Gasteiger partial charge in [-0.1, -0.05) is 13.8 Å². The molecule has 1 fully saturated rings. The highest BCUT2D eigenvalue weighted by Crippen LogP contribution is 2.13. The average molecular weight is 228 g/mol. The molecule has 0 spiro atoms. The van der Waals surface area contributed by atoms with Crippen molar-refractivity contribution < 1.29 is 4.74 Å². The molecule has 0 bridgehead atoms. The maximum Gasteiger partial charge on any atom is 0.0702 e. The Morgan fingerprint density at radius 1 is 1.44 bits per heavy atom. The fourth-order valence-corrected chi connectivity index (χ4v) is 2.28. The fraction of sp³-hybridized carbons (Fsp3) is 1.00. The lowest BCUT2D eigenvalue weighted by Crippen LogP contribution is -2.36. The molecule has 0 aromatic heterocycles. The van der Waals surface area contributed by atoms with Gasteiger partial charge in [0.1, 0.15) is 0 Å². The van der Waals surface area contributed by atoms with Crippen molar-refractivity contribution in [2.75, 3.05) is 32.8 Å². The van der Waals surface area contributed by atoms with Gasteiger partial charge in [-0.05, 0) is 45.8 Å². The molecule has 96 valence electrons. The lowest BCUT2D eigenvalue weighted by Gasteiger charge is -2.25. The summed E-state index contributed by atoms with van der Waals surface area (Å²) < 4.78 is 5.68. The summed E-state index contributed by atoms with van der Waals surface area (Å²) >= 11 is 0. The summed E-state index contributed by atoms with van der Waals surface area (Å²) in [5, 5.41) is 3.46. The molecule has 16 heavy (non-hydrogen) atoms. The SMILES string of the molecule is CCNC(C)CCN(CC)CC1CCCO1. The van der Waals surface area contributed by atoms with Crippen molar-refractivity contribution in [3.8, 4) is 0 Å². The Balaban J connectivity index is 2.15. The lowest BCUT2D eigenvalue weighted by atomic mass is 10.2. The number of nitrogens with zero attached hydrogens (tertiary/aromatic N) is 1. The molecule has 1 aliphatic rings. The first-order valence-corrected chi connectivity index (χ1v) is 6.83. The lowest BCUT2D eigenvalue weighted by molar-refractivity contribution is 0.0737. The molecule has 0 aromatic carbocycles. The largest absolute Gasteiger partial charge is 0.377 e. The van der Waals surface area contributed by atoms with Gasteiger partial charge in [-0.15, -0.1) is 0 Å². The van der Waals surface area contributed by atoms with Crippen LogP contribution in [0.25, 0.3) is 0 Å². The van der Waals surface area contributed by atoms with Crippen LogP contribution in [0.15, 0.2) is 0 Å². The normalized spacial score (nSPS) is 22.9. The van der Waals surface area contributed by atoms with Gasteiger partial charge in [0, 0.05) is 19.2 Å². The number of hydrogen-bond donors (Lipinski definition) is 1. The van der Waals surface area contributed by atoms with Crippen LogP contribution in [0.2, 0.25) is 0 Å². The van der Waals surface area contributed by atoms with Crippen LogP contribution in [-0.2, 0) is 4.74 Å². The monoisotopic (exact) mass is 228 g/mol. The van der Waals surface area contributed by atoms with Crippen LogP contribution < -0.4 is 5.32 Å². The van der Waals surface area contributed by atoms with E-state index in [9.17, 15) is 0 Å². The van der Waals surface area contributed by atoms with Gasteiger partial charge >= 0.3 is 0 Å². The molecule has 0 radical (unpaired) electrons. The van der Waals surface area contributed by atoms with Gasteiger partial charge in [0.05, 0.1) is 6.10 Å². The topological polar surface area (TPSA) is 24.5 Å². The summed E-state index contributed by atoms with van der Waals surface area (Å²) in [4.78, 5) is 2.52. The molecule has 1 rings (SSSR count). The zero-order valence-electron chi connectivity index (χ0n) is 11.2. The van der Waals surface area contributed by atoms with Gasteiger partial charge in [-0.2, -0.15) is 0 Å². The molecule has 0 saturated carbocycles. The van der Waals surface area contributed by atoms with Crippen LogP contribution in [0.4, 0.5) is 0 Å². The van der Waals surface area contributed by atoms with E-state index in [2.05, 4.69) is 31.0 Å². The van der Waals surface area contributed by atoms with Gasteiger partial charge in [0.15, 0.2) is 0 Å². The minimum atomic E-state index is 0.495. The van der Waals surface area contributed by atoms with Gasteiger partial charge < -0.3 is 15.0 Å². The molecule has 0 aliphatic carbocycles. The Morgan fingerprint density at radius 2 is 2.25 bits per heavy atom. The molecular formula is C13H28N2O. The van der Waals surface area contributed by atoms with Crippen molar-refractivity contribution in [2.45, 2.75) is 52.2 Å². The molecule has 3 heteroatoms. The van der Waals surface area contributed by atoms with Gasteiger partial charge in [-0.3, -0.25) is 0 Å². The number of nitrogens with one attached hydrogen (secondary N) is 1. The molecule has 1 N–H and O–H groups in total. The second-order valence-electron chi connectivity index (χ2n) is 4.78. The molecule has 1 aliphatic heterocycles. The number of ether oxygens (including phenoxy) is 1. The highest BCUT2D eigenvalue weighted by Gasteiger charge is 2.18. The first-order chi connectivity index (χ1) is 7.76. The van der Waals surface area contributed by atoms with Crippen molar-refractivity contribution in [3.05, 3.63) is 0 Å². The fourth-order valence-electron chi connectivity index (χ4n) is 2.28. The summed E-state index contributed by atoms with van der Waals surface area (Å²) in [6.45, 7) is 12.2. The van der Waals surface area contributed by atoms with E-state index in [1.54, 1.807) is 0 Å². The third kappa shape index (κ3) is 5.28. The predicted molar refractivity (Wildman–Crippen MR) is 68.8 cm³/mol. The van der Waals surface area contributed by atoms with E-state index < -0.39 is 0 Å². The minimum absolute atomic E-state index is 0.495. The zero-order chi connectivity index (χ0) is 11.8. The summed E-state index contributed by atoms with van der Waals surface area (Å²) in [6, 6.07) is 0.628. The third-order valence-electron chi connectivity index (χ3n) is 3.36. The standard InChI is InChI=1S/C13H28N2O/c1-4-14-12(3)8-9-15(5-2)11-13-7-6-10-16-13/h12-14H,4-11H2,1-3H3. The molecule has 2 atom stereocenters. The summed E-state index contributed by atoms with van der Waals surface area (Å²) in [5.74, 6) is 0. The average Bonchev–Trinajstić information content (AvgIpc) is 2.77. The highest BCUT2D eigenvalue weighted by molar-refractivity contribution is 4.71. The number of likely N-dealkylation sites (N-methyl/N-ethyl adjacent to an activating group) is 1. The van der Waals surface area contributed by atoms with E-state index in [-0.39, 0.29) is 0 Å². The molecule has 1 saturated heterocycles. The van der Waals surface area contributed by atoms with Crippen LogP contribution in [-0.4, -0.2) is 49.8 Å². The first-order valence-electron chi connectivity index (χ1n) is 6.83. The minimum Gasteiger partial charge on any atom is -0.377 e. The molecule has 2 unspecified atom stereocenters. The van der Waals surface area contributed by atoms with Crippen LogP contribution in [0.3, 0.4) is 0 Å². The van der Waals surface area contributed by atoms with E-state index in [1.807, 2.05) is 0 Å². The molecule has 0 amide bonds. The zero-order valence-corrected chi connectivity index (χ0v) is 11.2. The second kappa shape index (κ2) is 8.04. The van der Waals surface area contributed by atoms with Crippen molar-refractivity contribution >= 4 is 0 Å². The summed E-state index contributed by atoms with van der Waals surface area (Å²) in [6.07, 6.45) is 4.22. The van der Waals surface area contributed by atoms with Crippen LogP contribution in [0.1, 0.15) is 40.0 Å². The van der Waals surface area contributed by atoms with E-state index in [1.165, 1.54) is 25.8 Å². The first kappa shape index (κ1) is 13.9. The van der Waals surface area contributed by atoms with Crippen molar-refractivity contribution in [1.29, 1.82) is 0 Å². The quantitative estimate of drug-likeness (QED) is 0.686. The Labute approximate surface area is 101 Å². The summed E-state index contributed by atoms with van der Waals surface area (Å²) in [7, 11) is 0. The van der Waals surface area contributed by atoms with Crippen molar-refractivity contribution in [2.24, 2.45) is 0 Å². The Hall–Kier alpha value is -0.120. The van der Waals surface area contributed by atoms with Gasteiger partial charge in [0.25, 0.3) is 0 Å². The third-order valence-corrected chi connectivity index (χ3v) is 3.36. The van der Waals surface area contributed by atoms with Gasteiger partial charge in [0.2, 0.25) is 0 Å². The highest BCUT2D eigenvalue weighted by atomic mass is 16.5. The van der Waals surface area contributed by atoms with E-state index >= 15 is 0 Å². The van der Waals surface area contributed by atoms with Crippen LogP contribution in [0.5, 0.6) is 0 Å². The van der Waals surface area contributed by atoms with E-state index in [0.717, 1.165) is 26.2 Å². The number of rotatable bonds is 8. The maximum atomic E-state index is 5.68.